The Balaban J connectivity index is 1.73. The molecule has 4 rings (SSSR count). The highest BCUT2D eigenvalue weighted by molar-refractivity contribution is 7.20. The number of hydrogen-bond donors (Lipinski definition) is 3. The minimum Gasteiger partial charge on any atom is -0.386 e. The summed E-state index contributed by atoms with van der Waals surface area (Å²) in [6, 6.07) is 8.79. The maximum absolute atomic E-state index is 14.8. The van der Waals surface area contributed by atoms with Gasteiger partial charge in [0.1, 0.15) is 22.5 Å². The molecule has 0 spiro atoms. The predicted octanol–water partition coefficient (Wildman–Crippen LogP) is 4.56. The van der Waals surface area contributed by atoms with Gasteiger partial charge in [-0.15, -0.1) is 11.3 Å². The first-order valence-electron chi connectivity index (χ1n) is 9.92. The van der Waals surface area contributed by atoms with Crippen LogP contribution in [0.1, 0.15) is 29.8 Å². The SMILES string of the molecule is Cn1cc(-c2cccc(Nc3sc(-c4c(F)cc(C(C)(C)O)cc4F)cc3C(N)=O)n2)cn1. The third kappa shape index (κ3) is 4.62. The molecule has 1 amide bonds. The van der Waals surface area contributed by atoms with Crippen molar-refractivity contribution in [2.45, 2.75) is 19.4 Å². The summed E-state index contributed by atoms with van der Waals surface area (Å²) in [5.74, 6) is -2.04. The van der Waals surface area contributed by atoms with Crippen LogP contribution in [-0.2, 0) is 12.6 Å². The standard InChI is InChI=1S/C23H21F2N5O2S/c1-23(2,32)13-7-15(24)20(16(25)8-13)18-9-14(21(26)31)22(33-18)29-19-6-4-5-17(28-19)12-10-27-30(3)11-12/h4-11,32H,1-3H3,(H2,26,31)(H,28,29). The summed E-state index contributed by atoms with van der Waals surface area (Å²) in [5.41, 5.74) is 5.44. The van der Waals surface area contributed by atoms with Crippen LogP contribution < -0.4 is 11.1 Å². The van der Waals surface area contributed by atoms with Crippen molar-refractivity contribution in [1.29, 1.82) is 0 Å². The maximum atomic E-state index is 14.8. The molecule has 0 radical (unpaired) electrons. The molecule has 3 aromatic heterocycles. The minimum absolute atomic E-state index is 0.0777. The van der Waals surface area contributed by atoms with Crippen molar-refractivity contribution in [1.82, 2.24) is 14.8 Å². The fourth-order valence-corrected chi connectivity index (χ4v) is 4.41. The molecule has 0 fully saturated rings. The monoisotopic (exact) mass is 469 g/mol. The van der Waals surface area contributed by atoms with E-state index < -0.39 is 23.1 Å². The highest BCUT2D eigenvalue weighted by Gasteiger charge is 2.24. The lowest BCUT2D eigenvalue weighted by Gasteiger charge is -2.18. The van der Waals surface area contributed by atoms with E-state index in [1.807, 2.05) is 12.3 Å². The van der Waals surface area contributed by atoms with Crippen molar-refractivity contribution in [2.24, 2.45) is 12.8 Å². The average molecular weight is 470 g/mol. The molecule has 0 aliphatic heterocycles. The molecule has 0 bridgehead atoms. The van der Waals surface area contributed by atoms with Crippen molar-refractivity contribution in [3.05, 3.63) is 71.6 Å². The highest BCUT2D eigenvalue weighted by Crippen LogP contribution is 2.40. The van der Waals surface area contributed by atoms with Crippen molar-refractivity contribution in [3.63, 3.8) is 0 Å². The summed E-state index contributed by atoms with van der Waals surface area (Å²) in [6.45, 7) is 2.87. The lowest BCUT2D eigenvalue weighted by atomic mass is 9.96. The first kappa shape index (κ1) is 22.6. The van der Waals surface area contributed by atoms with Gasteiger partial charge in [0.2, 0.25) is 0 Å². The van der Waals surface area contributed by atoms with Gasteiger partial charge in [-0.1, -0.05) is 6.07 Å². The number of aryl methyl sites for hydroxylation is 1. The topological polar surface area (TPSA) is 106 Å². The number of halogens is 2. The van der Waals surface area contributed by atoms with Crippen LogP contribution in [0.2, 0.25) is 0 Å². The zero-order valence-corrected chi connectivity index (χ0v) is 18.9. The number of aliphatic hydroxyl groups is 1. The second-order valence-corrected chi connectivity index (χ2v) is 9.08. The number of amides is 1. The van der Waals surface area contributed by atoms with E-state index in [4.69, 9.17) is 5.73 Å². The number of rotatable bonds is 6. The number of carbonyl (C=O) groups is 1. The van der Waals surface area contributed by atoms with Crippen LogP contribution in [0.15, 0.2) is 48.8 Å². The van der Waals surface area contributed by atoms with Gasteiger partial charge in [0.25, 0.3) is 5.91 Å². The molecule has 3 heterocycles. The zero-order chi connectivity index (χ0) is 23.9. The summed E-state index contributed by atoms with van der Waals surface area (Å²) in [7, 11) is 1.80. The van der Waals surface area contributed by atoms with Crippen LogP contribution in [0.4, 0.5) is 19.6 Å². The summed E-state index contributed by atoms with van der Waals surface area (Å²) in [4.78, 5) is 16.7. The highest BCUT2D eigenvalue weighted by atomic mass is 32.1. The normalized spacial score (nSPS) is 11.6. The Hall–Kier alpha value is -3.63. The number of nitrogens with two attached hydrogens (primary N) is 1. The van der Waals surface area contributed by atoms with Crippen LogP contribution in [0, 0.1) is 11.6 Å². The third-order valence-electron chi connectivity index (χ3n) is 4.98. The van der Waals surface area contributed by atoms with E-state index in [9.17, 15) is 18.7 Å². The first-order chi connectivity index (χ1) is 15.5. The van der Waals surface area contributed by atoms with Crippen LogP contribution >= 0.6 is 11.3 Å². The lowest BCUT2D eigenvalue weighted by molar-refractivity contribution is 0.0778. The van der Waals surface area contributed by atoms with E-state index in [2.05, 4.69) is 15.4 Å². The second kappa shape index (κ2) is 8.38. The van der Waals surface area contributed by atoms with Gasteiger partial charge in [-0.2, -0.15) is 5.10 Å². The molecule has 10 heteroatoms. The molecule has 0 atom stereocenters. The van der Waals surface area contributed by atoms with Gasteiger partial charge < -0.3 is 16.2 Å². The maximum Gasteiger partial charge on any atom is 0.251 e. The summed E-state index contributed by atoms with van der Waals surface area (Å²) < 4.78 is 31.3. The molecule has 0 aliphatic rings. The van der Waals surface area contributed by atoms with E-state index >= 15 is 0 Å². The second-order valence-electron chi connectivity index (χ2n) is 8.03. The number of nitrogens with zero attached hydrogens (tertiary/aromatic N) is 3. The molecular formula is C23H21F2N5O2S. The summed E-state index contributed by atoms with van der Waals surface area (Å²) in [6.07, 6.45) is 3.49. The summed E-state index contributed by atoms with van der Waals surface area (Å²) >= 11 is 0.972. The molecule has 0 saturated heterocycles. The molecule has 4 N–H and O–H groups in total. The number of aromatic nitrogens is 3. The largest absolute Gasteiger partial charge is 0.386 e. The number of primary amides is 1. The van der Waals surface area contributed by atoms with E-state index in [0.29, 0.717) is 16.5 Å². The van der Waals surface area contributed by atoms with E-state index in [1.165, 1.54) is 19.9 Å². The van der Waals surface area contributed by atoms with Gasteiger partial charge >= 0.3 is 0 Å². The van der Waals surface area contributed by atoms with Crippen molar-refractivity contribution in [2.75, 3.05) is 5.32 Å². The zero-order valence-electron chi connectivity index (χ0n) is 18.1. The first-order valence-corrected chi connectivity index (χ1v) is 10.7. The number of anilines is 2. The van der Waals surface area contributed by atoms with Crippen LogP contribution in [0.3, 0.4) is 0 Å². The number of carbonyl (C=O) groups excluding carboxylic acids is 1. The fraction of sp³-hybridized carbons (Fsp3) is 0.174. The van der Waals surface area contributed by atoms with Gasteiger partial charge in [-0.05, 0) is 49.7 Å². The molecule has 170 valence electrons. The Bertz CT molecular complexity index is 1330. The molecular weight excluding hydrogens is 448 g/mol. The van der Waals surface area contributed by atoms with Gasteiger partial charge in [-0.3, -0.25) is 9.48 Å². The molecule has 33 heavy (non-hydrogen) atoms. The Morgan fingerprint density at radius 1 is 1.21 bits per heavy atom. The van der Waals surface area contributed by atoms with Crippen molar-refractivity contribution < 1.29 is 18.7 Å². The minimum atomic E-state index is -1.41. The summed E-state index contributed by atoms with van der Waals surface area (Å²) in [5, 5.41) is 17.5. The van der Waals surface area contributed by atoms with Gasteiger partial charge in [0.15, 0.2) is 0 Å². The number of benzene rings is 1. The molecule has 0 aliphatic carbocycles. The van der Waals surface area contributed by atoms with Crippen molar-refractivity contribution >= 4 is 28.1 Å². The molecule has 1 aromatic carbocycles. The molecule has 0 unspecified atom stereocenters. The number of hydrogen-bond acceptors (Lipinski definition) is 6. The Morgan fingerprint density at radius 2 is 1.91 bits per heavy atom. The van der Waals surface area contributed by atoms with Crippen LogP contribution in [0.5, 0.6) is 0 Å². The molecule has 4 aromatic rings. The molecule has 0 saturated carbocycles. The van der Waals surface area contributed by atoms with Gasteiger partial charge in [-0.25, -0.2) is 13.8 Å². The smallest absolute Gasteiger partial charge is 0.251 e. The third-order valence-corrected chi connectivity index (χ3v) is 6.05. The average Bonchev–Trinajstić information content (AvgIpc) is 3.33. The Morgan fingerprint density at radius 3 is 2.48 bits per heavy atom. The van der Waals surface area contributed by atoms with Gasteiger partial charge in [0.05, 0.1) is 28.6 Å². The Labute approximate surface area is 192 Å². The van der Waals surface area contributed by atoms with E-state index in [-0.39, 0.29) is 21.6 Å². The van der Waals surface area contributed by atoms with Crippen LogP contribution in [-0.4, -0.2) is 25.8 Å². The fourth-order valence-electron chi connectivity index (χ4n) is 3.29. The van der Waals surface area contributed by atoms with E-state index in [1.54, 1.807) is 30.1 Å². The number of nitrogens with one attached hydrogen (secondary N) is 1. The van der Waals surface area contributed by atoms with Crippen LogP contribution in [0.25, 0.3) is 21.7 Å². The van der Waals surface area contributed by atoms with Crippen molar-refractivity contribution in [3.8, 4) is 21.7 Å². The lowest BCUT2D eigenvalue weighted by Crippen LogP contribution is -2.16. The quantitative estimate of drug-likeness (QED) is 0.384. The number of pyridine rings is 1. The predicted molar refractivity (Wildman–Crippen MR) is 123 cm³/mol. The number of thiophene rings is 1. The van der Waals surface area contributed by atoms with E-state index in [0.717, 1.165) is 29.0 Å². The Kier molecular flexibility index (Phi) is 5.73. The van der Waals surface area contributed by atoms with Gasteiger partial charge in [0, 0.05) is 23.7 Å². The molecule has 7 nitrogen and oxygen atoms in total.